The third kappa shape index (κ3) is 2.19. The third-order valence-corrected chi connectivity index (χ3v) is 2.81. The van der Waals surface area contributed by atoms with Gasteiger partial charge in [0.25, 0.3) is 0 Å². The summed E-state index contributed by atoms with van der Waals surface area (Å²) in [6.45, 7) is 3.05. The number of phenols is 2. The Labute approximate surface area is 95.5 Å². The van der Waals surface area contributed by atoms with E-state index in [-0.39, 0.29) is 23.9 Å². The highest BCUT2D eigenvalue weighted by Gasteiger charge is 2.19. The molecule has 1 aromatic rings. The quantitative estimate of drug-likeness (QED) is 0.647. The van der Waals surface area contributed by atoms with Gasteiger partial charge in [0.2, 0.25) is 0 Å². The van der Waals surface area contributed by atoms with Crippen molar-refractivity contribution in [2.75, 3.05) is 6.54 Å². The molecule has 0 amide bonds. The molecule has 1 aromatic carbocycles. The van der Waals surface area contributed by atoms with E-state index in [0.717, 1.165) is 30.5 Å². The molecule has 3 nitrogen and oxygen atoms in total. The van der Waals surface area contributed by atoms with Crippen LogP contribution in [0.5, 0.6) is 11.5 Å². The first-order chi connectivity index (χ1) is 6.72. The Morgan fingerprint density at radius 1 is 1.33 bits per heavy atom. The van der Waals surface area contributed by atoms with Crippen LogP contribution in [0.15, 0.2) is 12.1 Å². The van der Waals surface area contributed by atoms with Crippen molar-refractivity contribution in [2.45, 2.75) is 25.8 Å². The molecule has 0 bridgehead atoms. The molecule has 0 saturated carbocycles. The number of aromatic hydroxyl groups is 2. The van der Waals surface area contributed by atoms with Crippen LogP contribution in [0.4, 0.5) is 0 Å². The molecule has 1 unspecified atom stereocenters. The molecule has 0 saturated heterocycles. The van der Waals surface area contributed by atoms with Crippen LogP contribution in [0, 0.1) is 0 Å². The van der Waals surface area contributed by atoms with Gasteiger partial charge in [0, 0.05) is 6.04 Å². The van der Waals surface area contributed by atoms with Crippen molar-refractivity contribution >= 4 is 12.4 Å². The normalized spacial score (nSPS) is 19.1. The number of hydrogen-bond acceptors (Lipinski definition) is 3. The zero-order valence-corrected chi connectivity index (χ0v) is 9.47. The number of rotatable bonds is 1. The molecule has 0 aliphatic carbocycles. The maximum absolute atomic E-state index is 9.41. The van der Waals surface area contributed by atoms with Gasteiger partial charge < -0.3 is 15.5 Å². The van der Waals surface area contributed by atoms with E-state index in [9.17, 15) is 10.2 Å². The lowest BCUT2D eigenvalue weighted by atomic mass is 9.92. The maximum atomic E-state index is 9.41. The predicted octanol–water partition coefficient (Wildman–Crippen LogP) is 2.12. The minimum absolute atomic E-state index is 0. The lowest BCUT2D eigenvalue weighted by Gasteiger charge is -2.26. The lowest BCUT2D eigenvalue weighted by molar-refractivity contribution is 0.398. The second-order valence-electron chi connectivity index (χ2n) is 3.70. The van der Waals surface area contributed by atoms with Crippen molar-refractivity contribution in [3.05, 3.63) is 23.3 Å². The Bertz CT molecular complexity index is 355. The van der Waals surface area contributed by atoms with Crippen molar-refractivity contribution in [1.82, 2.24) is 5.32 Å². The fourth-order valence-electron chi connectivity index (χ4n) is 2.03. The van der Waals surface area contributed by atoms with Gasteiger partial charge in [0.1, 0.15) is 0 Å². The van der Waals surface area contributed by atoms with E-state index >= 15 is 0 Å². The predicted molar refractivity (Wildman–Crippen MR) is 61.8 cm³/mol. The van der Waals surface area contributed by atoms with Gasteiger partial charge in [0.05, 0.1) is 0 Å². The molecule has 1 heterocycles. The van der Waals surface area contributed by atoms with Crippen LogP contribution in [-0.2, 0) is 6.42 Å². The SMILES string of the molecule is CCC1NCCc2cc(O)c(O)cc21.Cl. The largest absolute Gasteiger partial charge is 0.504 e. The third-order valence-electron chi connectivity index (χ3n) is 2.81. The van der Waals surface area contributed by atoms with Crippen LogP contribution < -0.4 is 5.32 Å². The highest BCUT2D eigenvalue weighted by atomic mass is 35.5. The first-order valence-electron chi connectivity index (χ1n) is 5.00. The summed E-state index contributed by atoms with van der Waals surface area (Å²) in [6.07, 6.45) is 1.91. The Hall–Kier alpha value is -0.930. The number of phenolic OH excluding ortho intramolecular Hbond substituents is 2. The second-order valence-corrected chi connectivity index (χ2v) is 3.70. The van der Waals surface area contributed by atoms with E-state index in [1.54, 1.807) is 12.1 Å². The standard InChI is InChI=1S/C11H15NO2.ClH/c1-2-9-8-6-11(14)10(13)5-7(8)3-4-12-9;/h5-6,9,12-14H,2-4H2,1H3;1H. The topological polar surface area (TPSA) is 52.5 Å². The summed E-state index contributed by atoms with van der Waals surface area (Å²) in [5.41, 5.74) is 2.26. The molecule has 0 radical (unpaired) electrons. The van der Waals surface area contributed by atoms with Crippen molar-refractivity contribution in [3.63, 3.8) is 0 Å². The molecule has 4 heteroatoms. The first-order valence-corrected chi connectivity index (χ1v) is 5.00. The summed E-state index contributed by atoms with van der Waals surface area (Å²) >= 11 is 0. The zero-order chi connectivity index (χ0) is 10.1. The molecule has 2 rings (SSSR count). The smallest absolute Gasteiger partial charge is 0.157 e. The van der Waals surface area contributed by atoms with Gasteiger partial charge in [-0.15, -0.1) is 12.4 Å². The van der Waals surface area contributed by atoms with E-state index in [0.29, 0.717) is 6.04 Å². The van der Waals surface area contributed by atoms with Crippen LogP contribution >= 0.6 is 12.4 Å². The molecule has 1 aliphatic heterocycles. The Balaban J connectivity index is 0.00000112. The van der Waals surface area contributed by atoms with Gasteiger partial charge in [-0.2, -0.15) is 0 Å². The number of hydrogen-bond donors (Lipinski definition) is 3. The molecule has 0 spiro atoms. The van der Waals surface area contributed by atoms with Gasteiger partial charge in [-0.25, -0.2) is 0 Å². The second kappa shape index (κ2) is 4.73. The maximum Gasteiger partial charge on any atom is 0.157 e. The van der Waals surface area contributed by atoms with E-state index in [1.807, 2.05) is 0 Å². The molecule has 84 valence electrons. The highest BCUT2D eigenvalue weighted by Crippen LogP contribution is 2.34. The number of nitrogens with one attached hydrogen (secondary N) is 1. The van der Waals surface area contributed by atoms with Crippen LogP contribution in [0.3, 0.4) is 0 Å². The summed E-state index contributed by atoms with van der Waals surface area (Å²) in [5, 5.41) is 22.2. The Kier molecular flexibility index (Phi) is 3.83. The van der Waals surface area contributed by atoms with Crippen molar-refractivity contribution in [1.29, 1.82) is 0 Å². The van der Waals surface area contributed by atoms with Crippen LogP contribution in [0.2, 0.25) is 0 Å². The zero-order valence-electron chi connectivity index (χ0n) is 8.66. The number of halogens is 1. The molecule has 0 aromatic heterocycles. The molecule has 15 heavy (non-hydrogen) atoms. The summed E-state index contributed by atoms with van der Waals surface area (Å²) in [7, 11) is 0. The summed E-state index contributed by atoms with van der Waals surface area (Å²) in [6, 6.07) is 3.66. The van der Waals surface area contributed by atoms with Gasteiger partial charge in [0.15, 0.2) is 11.5 Å². The van der Waals surface area contributed by atoms with E-state index < -0.39 is 0 Å². The van der Waals surface area contributed by atoms with E-state index in [4.69, 9.17) is 0 Å². The average Bonchev–Trinajstić information content (AvgIpc) is 2.19. The Morgan fingerprint density at radius 2 is 2.00 bits per heavy atom. The molecular formula is C11H16ClNO2. The molecule has 1 atom stereocenters. The summed E-state index contributed by atoms with van der Waals surface area (Å²) in [4.78, 5) is 0. The van der Waals surface area contributed by atoms with Crippen molar-refractivity contribution in [3.8, 4) is 11.5 Å². The van der Waals surface area contributed by atoms with Crippen LogP contribution in [0.1, 0.15) is 30.5 Å². The van der Waals surface area contributed by atoms with E-state index in [2.05, 4.69) is 12.2 Å². The molecular weight excluding hydrogens is 214 g/mol. The average molecular weight is 230 g/mol. The first kappa shape index (κ1) is 12.1. The fraction of sp³-hybridized carbons (Fsp3) is 0.455. The monoisotopic (exact) mass is 229 g/mol. The van der Waals surface area contributed by atoms with Gasteiger partial charge in [-0.3, -0.25) is 0 Å². The number of benzene rings is 1. The lowest BCUT2D eigenvalue weighted by Crippen LogP contribution is -2.29. The van der Waals surface area contributed by atoms with Crippen molar-refractivity contribution < 1.29 is 10.2 Å². The fourth-order valence-corrected chi connectivity index (χ4v) is 2.03. The minimum Gasteiger partial charge on any atom is -0.504 e. The molecule has 3 N–H and O–H groups in total. The summed E-state index contributed by atoms with van der Waals surface area (Å²) < 4.78 is 0. The highest BCUT2D eigenvalue weighted by molar-refractivity contribution is 5.85. The molecule has 1 aliphatic rings. The van der Waals surface area contributed by atoms with Crippen LogP contribution in [-0.4, -0.2) is 16.8 Å². The van der Waals surface area contributed by atoms with Crippen molar-refractivity contribution in [2.24, 2.45) is 0 Å². The number of fused-ring (bicyclic) bond motifs is 1. The van der Waals surface area contributed by atoms with Gasteiger partial charge in [-0.1, -0.05) is 6.92 Å². The minimum atomic E-state index is -0.0223. The molecule has 0 fully saturated rings. The van der Waals surface area contributed by atoms with Gasteiger partial charge >= 0.3 is 0 Å². The van der Waals surface area contributed by atoms with Crippen LogP contribution in [0.25, 0.3) is 0 Å². The Morgan fingerprint density at radius 3 is 2.67 bits per heavy atom. The van der Waals surface area contributed by atoms with E-state index in [1.165, 1.54) is 0 Å². The summed E-state index contributed by atoms with van der Waals surface area (Å²) in [5.74, 6) is -0.0357. The van der Waals surface area contributed by atoms with Gasteiger partial charge in [-0.05, 0) is 42.6 Å².